The van der Waals surface area contributed by atoms with Crippen molar-refractivity contribution in [2.45, 2.75) is 46.5 Å². The van der Waals surface area contributed by atoms with Crippen LogP contribution in [-0.2, 0) is 0 Å². The smallest absolute Gasteiger partial charge is 0.0322 e. The van der Waals surface area contributed by atoms with Crippen LogP contribution in [0.1, 0.15) is 46.5 Å². The Morgan fingerprint density at radius 1 is 1.38 bits per heavy atom. The van der Waals surface area contributed by atoms with Crippen LogP contribution in [0.15, 0.2) is 12.7 Å². The lowest BCUT2D eigenvalue weighted by atomic mass is 9.69. The van der Waals surface area contributed by atoms with E-state index in [0.29, 0.717) is 0 Å². The van der Waals surface area contributed by atoms with Gasteiger partial charge in [-0.3, -0.25) is 0 Å². The molecule has 0 nitrogen and oxygen atoms in total. The van der Waals surface area contributed by atoms with E-state index < -0.39 is 0 Å². The van der Waals surface area contributed by atoms with E-state index in [1.807, 2.05) is 0 Å². The highest BCUT2D eigenvalue weighted by Crippen LogP contribution is 2.39. The molecule has 1 aliphatic rings. The van der Waals surface area contributed by atoms with Crippen LogP contribution in [0.4, 0.5) is 0 Å². The molecule has 1 unspecified atom stereocenters. The molecule has 0 aromatic rings. The molecule has 3 atom stereocenters. The predicted molar refractivity (Wildman–Crippen MR) is 59.6 cm³/mol. The molecule has 1 fully saturated rings. The van der Waals surface area contributed by atoms with Crippen molar-refractivity contribution >= 4 is 0 Å². The van der Waals surface area contributed by atoms with E-state index in [1.165, 1.54) is 25.7 Å². The second kappa shape index (κ2) is 4.83. The molecule has 0 aromatic carbocycles. The van der Waals surface area contributed by atoms with E-state index in [9.17, 15) is 0 Å². The molecule has 1 aliphatic carbocycles. The van der Waals surface area contributed by atoms with E-state index >= 15 is 0 Å². The Balaban J connectivity index is 2.54. The van der Waals surface area contributed by atoms with Crippen LogP contribution in [-0.4, -0.2) is 0 Å². The first-order chi connectivity index (χ1) is 6.15. The minimum Gasteiger partial charge on any atom is -0.103 e. The summed E-state index contributed by atoms with van der Waals surface area (Å²) < 4.78 is 0. The Hall–Kier alpha value is -0.260. The first-order valence-electron chi connectivity index (χ1n) is 5.76. The van der Waals surface area contributed by atoms with Crippen LogP contribution < -0.4 is 0 Å². The zero-order valence-electron chi connectivity index (χ0n) is 9.42. The van der Waals surface area contributed by atoms with Gasteiger partial charge in [-0.1, -0.05) is 33.3 Å². The molecule has 0 amide bonds. The summed E-state index contributed by atoms with van der Waals surface area (Å²) in [6.45, 7) is 11.0. The predicted octanol–water partition coefficient (Wildman–Crippen LogP) is 4.27. The molecular formula is C13H24. The Morgan fingerprint density at radius 3 is 2.62 bits per heavy atom. The van der Waals surface area contributed by atoms with Gasteiger partial charge >= 0.3 is 0 Å². The fraction of sp³-hybridized carbons (Fsp3) is 0.846. The molecule has 0 aliphatic heterocycles. The summed E-state index contributed by atoms with van der Waals surface area (Å²) in [5.41, 5.74) is 0. The Kier molecular flexibility index (Phi) is 4.02. The summed E-state index contributed by atoms with van der Waals surface area (Å²) >= 11 is 0. The maximum Gasteiger partial charge on any atom is -0.0322 e. The Morgan fingerprint density at radius 2 is 2.08 bits per heavy atom. The van der Waals surface area contributed by atoms with Gasteiger partial charge in [-0.25, -0.2) is 0 Å². The lowest BCUT2D eigenvalue weighted by Gasteiger charge is -2.37. The van der Waals surface area contributed by atoms with Crippen LogP contribution in [0.25, 0.3) is 0 Å². The van der Waals surface area contributed by atoms with Crippen molar-refractivity contribution < 1.29 is 0 Å². The summed E-state index contributed by atoms with van der Waals surface area (Å²) in [7, 11) is 0. The maximum absolute atomic E-state index is 3.87. The van der Waals surface area contributed by atoms with E-state index in [2.05, 4.69) is 33.4 Å². The van der Waals surface area contributed by atoms with Gasteiger partial charge in [-0.15, -0.1) is 6.58 Å². The second-order valence-electron chi connectivity index (χ2n) is 5.11. The van der Waals surface area contributed by atoms with Crippen molar-refractivity contribution in [1.82, 2.24) is 0 Å². The largest absolute Gasteiger partial charge is 0.103 e. The van der Waals surface area contributed by atoms with Gasteiger partial charge in [-0.05, 0) is 42.9 Å². The molecule has 0 heteroatoms. The number of allylic oxidation sites excluding steroid dienone is 1. The quantitative estimate of drug-likeness (QED) is 0.569. The van der Waals surface area contributed by atoms with Crippen LogP contribution in [0.3, 0.4) is 0 Å². The third-order valence-corrected chi connectivity index (χ3v) is 3.63. The van der Waals surface area contributed by atoms with Gasteiger partial charge < -0.3 is 0 Å². The Bertz CT molecular complexity index is 157. The highest BCUT2D eigenvalue weighted by molar-refractivity contribution is 4.84. The van der Waals surface area contributed by atoms with Gasteiger partial charge in [0.2, 0.25) is 0 Å². The van der Waals surface area contributed by atoms with Gasteiger partial charge in [0.05, 0.1) is 0 Å². The van der Waals surface area contributed by atoms with Crippen molar-refractivity contribution in [3.05, 3.63) is 12.7 Å². The molecule has 13 heavy (non-hydrogen) atoms. The summed E-state index contributed by atoms with van der Waals surface area (Å²) in [5, 5.41) is 0. The first-order valence-corrected chi connectivity index (χ1v) is 5.76. The zero-order valence-corrected chi connectivity index (χ0v) is 9.42. The molecule has 1 saturated carbocycles. The average Bonchev–Trinajstić information content (AvgIpc) is 2.04. The summed E-state index contributed by atoms with van der Waals surface area (Å²) in [6, 6.07) is 0. The van der Waals surface area contributed by atoms with Crippen molar-refractivity contribution in [3.8, 4) is 0 Å². The highest BCUT2D eigenvalue weighted by atomic mass is 14.3. The Labute approximate surface area is 83.4 Å². The zero-order chi connectivity index (χ0) is 9.84. The van der Waals surface area contributed by atoms with Crippen LogP contribution in [0.2, 0.25) is 0 Å². The van der Waals surface area contributed by atoms with Crippen LogP contribution in [0.5, 0.6) is 0 Å². The van der Waals surface area contributed by atoms with Gasteiger partial charge in [0, 0.05) is 0 Å². The molecule has 0 heterocycles. The van der Waals surface area contributed by atoms with Crippen molar-refractivity contribution in [2.75, 3.05) is 0 Å². The third kappa shape index (κ3) is 2.86. The maximum atomic E-state index is 3.87. The minimum atomic E-state index is 0.859. The van der Waals surface area contributed by atoms with Gasteiger partial charge in [0.1, 0.15) is 0 Å². The normalized spacial score (nSPS) is 34.9. The molecule has 0 radical (unpaired) electrons. The summed E-state index contributed by atoms with van der Waals surface area (Å²) in [5.74, 6) is 3.67. The molecule has 0 saturated heterocycles. The molecule has 0 bridgehead atoms. The minimum absolute atomic E-state index is 0.859. The van der Waals surface area contributed by atoms with E-state index in [1.54, 1.807) is 0 Å². The molecule has 0 N–H and O–H groups in total. The van der Waals surface area contributed by atoms with Crippen LogP contribution >= 0.6 is 0 Å². The third-order valence-electron chi connectivity index (χ3n) is 3.63. The van der Waals surface area contributed by atoms with Gasteiger partial charge in [-0.2, -0.15) is 0 Å². The number of hydrogen-bond acceptors (Lipinski definition) is 0. The van der Waals surface area contributed by atoms with Gasteiger partial charge in [0.25, 0.3) is 0 Å². The van der Waals surface area contributed by atoms with E-state index in [4.69, 9.17) is 0 Å². The summed E-state index contributed by atoms with van der Waals surface area (Å²) in [4.78, 5) is 0. The molecule has 0 aromatic heterocycles. The summed E-state index contributed by atoms with van der Waals surface area (Å²) in [6.07, 6.45) is 7.65. The van der Waals surface area contributed by atoms with E-state index in [-0.39, 0.29) is 0 Å². The van der Waals surface area contributed by atoms with Gasteiger partial charge in [0.15, 0.2) is 0 Å². The topological polar surface area (TPSA) is 0 Å². The lowest BCUT2D eigenvalue weighted by molar-refractivity contribution is 0.146. The standard InChI is InChI=1S/C13H24/c1-5-6-12-9-11(4)7-8-13(12)10(2)3/h5,10-13H,1,6-9H2,2-4H3/t11-,12?,13+/m1/s1. The number of hydrogen-bond donors (Lipinski definition) is 0. The average molecular weight is 180 g/mol. The van der Waals surface area contributed by atoms with Crippen molar-refractivity contribution in [3.63, 3.8) is 0 Å². The van der Waals surface area contributed by atoms with E-state index in [0.717, 1.165) is 23.7 Å². The van der Waals surface area contributed by atoms with Crippen molar-refractivity contribution in [1.29, 1.82) is 0 Å². The monoisotopic (exact) mass is 180 g/mol. The highest BCUT2D eigenvalue weighted by Gasteiger charge is 2.29. The second-order valence-corrected chi connectivity index (χ2v) is 5.11. The number of rotatable bonds is 3. The lowest BCUT2D eigenvalue weighted by Crippen LogP contribution is -2.27. The fourth-order valence-corrected chi connectivity index (χ4v) is 2.88. The SMILES string of the molecule is C=CCC1C[C@H](C)CC[C@H]1C(C)C. The molecule has 1 rings (SSSR count). The fourth-order valence-electron chi connectivity index (χ4n) is 2.88. The molecule has 76 valence electrons. The van der Waals surface area contributed by atoms with Crippen molar-refractivity contribution in [2.24, 2.45) is 23.7 Å². The first kappa shape index (κ1) is 10.8. The van der Waals surface area contributed by atoms with Crippen LogP contribution in [0, 0.1) is 23.7 Å². The molecular weight excluding hydrogens is 156 g/mol. The molecule has 0 spiro atoms.